The topological polar surface area (TPSA) is 49.4 Å². The first-order chi connectivity index (χ1) is 14.1. The highest BCUT2D eigenvalue weighted by molar-refractivity contribution is 7.12. The number of benzene rings is 2. The van der Waals surface area contributed by atoms with Crippen LogP contribution in [0.4, 0.5) is 0 Å². The second-order valence-corrected chi connectivity index (χ2v) is 7.98. The number of nitrogens with zero attached hydrogens (tertiary/aromatic N) is 1. The van der Waals surface area contributed by atoms with Crippen LogP contribution in [0.5, 0.6) is 0 Å². The zero-order valence-corrected chi connectivity index (χ0v) is 17.6. The van der Waals surface area contributed by atoms with Gasteiger partial charge in [-0.15, -0.1) is 11.3 Å². The van der Waals surface area contributed by atoms with Crippen LogP contribution in [0.25, 0.3) is 0 Å². The third-order valence-corrected chi connectivity index (χ3v) is 5.85. The van der Waals surface area contributed by atoms with Gasteiger partial charge in [-0.05, 0) is 48.1 Å². The van der Waals surface area contributed by atoms with Crippen molar-refractivity contribution in [2.75, 3.05) is 0 Å². The number of rotatable bonds is 8. The van der Waals surface area contributed by atoms with E-state index in [1.54, 1.807) is 6.07 Å². The highest BCUT2D eigenvalue weighted by Crippen LogP contribution is 2.16. The molecule has 0 aliphatic rings. The standard InChI is InChI=1S/C24H26N2O2S/c1-3-18(2)26(17-20-8-5-4-6-9-20)24(28)21-13-11-19(12-14-21)16-25-23(27)22-10-7-15-29-22/h4-15,18H,3,16-17H2,1-2H3,(H,25,27). The molecule has 3 rings (SSSR count). The third-order valence-electron chi connectivity index (χ3n) is 4.98. The van der Waals surface area contributed by atoms with E-state index < -0.39 is 0 Å². The lowest BCUT2D eigenvalue weighted by molar-refractivity contribution is 0.0671. The highest BCUT2D eigenvalue weighted by Gasteiger charge is 2.20. The lowest BCUT2D eigenvalue weighted by atomic mass is 10.1. The van der Waals surface area contributed by atoms with Gasteiger partial charge in [-0.25, -0.2) is 0 Å². The van der Waals surface area contributed by atoms with Gasteiger partial charge in [0.2, 0.25) is 0 Å². The summed E-state index contributed by atoms with van der Waals surface area (Å²) in [7, 11) is 0. The summed E-state index contributed by atoms with van der Waals surface area (Å²) in [6.45, 7) is 5.20. The number of carbonyl (C=O) groups is 2. The second-order valence-electron chi connectivity index (χ2n) is 7.03. The molecule has 1 unspecified atom stereocenters. The molecule has 0 spiro atoms. The summed E-state index contributed by atoms with van der Waals surface area (Å²) in [5.41, 5.74) is 2.74. The maximum atomic E-state index is 13.1. The molecule has 29 heavy (non-hydrogen) atoms. The Balaban J connectivity index is 1.66. The summed E-state index contributed by atoms with van der Waals surface area (Å²) in [4.78, 5) is 27.8. The van der Waals surface area contributed by atoms with E-state index in [1.807, 2.05) is 70.9 Å². The minimum Gasteiger partial charge on any atom is -0.347 e. The van der Waals surface area contributed by atoms with E-state index in [1.165, 1.54) is 11.3 Å². The largest absolute Gasteiger partial charge is 0.347 e. The number of amides is 2. The molecule has 4 nitrogen and oxygen atoms in total. The minimum absolute atomic E-state index is 0.0253. The minimum atomic E-state index is -0.0778. The Morgan fingerprint density at radius 2 is 1.69 bits per heavy atom. The van der Waals surface area contributed by atoms with E-state index in [9.17, 15) is 9.59 Å². The van der Waals surface area contributed by atoms with E-state index in [2.05, 4.69) is 19.2 Å². The summed E-state index contributed by atoms with van der Waals surface area (Å²) in [6, 6.07) is 21.4. The van der Waals surface area contributed by atoms with Gasteiger partial charge in [-0.3, -0.25) is 9.59 Å². The van der Waals surface area contributed by atoms with Crippen molar-refractivity contribution >= 4 is 23.2 Å². The van der Waals surface area contributed by atoms with Crippen molar-refractivity contribution in [1.82, 2.24) is 10.2 Å². The maximum absolute atomic E-state index is 13.1. The molecule has 5 heteroatoms. The van der Waals surface area contributed by atoms with Gasteiger partial charge in [0.05, 0.1) is 4.88 Å². The summed E-state index contributed by atoms with van der Waals surface area (Å²) < 4.78 is 0. The van der Waals surface area contributed by atoms with Crippen molar-refractivity contribution in [3.05, 3.63) is 93.7 Å². The number of hydrogen-bond acceptors (Lipinski definition) is 3. The van der Waals surface area contributed by atoms with Crippen molar-refractivity contribution in [2.24, 2.45) is 0 Å². The second kappa shape index (κ2) is 10.0. The van der Waals surface area contributed by atoms with E-state index in [-0.39, 0.29) is 17.9 Å². The summed E-state index contributed by atoms with van der Waals surface area (Å²) >= 11 is 1.42. The molecule has 0 saturated heterocycles. The molecule has 0 radical (unpaired) electrons. The molecule has 1 heterocycles. The fourth-order valence-electron chi connectivity index (χ4n) is 3.04. The molecular weight excluding hydrogens is 380 g/mol. The van der Waals surface area contributed by atoms with Crippen LogP contribution in [0, 0.1) is 0 Å². The highest BCUT2D eigenvalue weighted by atomic mass is 32.1. The van der Waals surface area contributed by atoms with Gasteiger partial charge in [0.1, 0.15) is 0 Å². The molecule has 2 aromatic carbocycles. The molecule has 0 aliphatic heterocycles. The van der Waals surface area contributed by atoms with Gasteiger partial charge < -0.3 is 10.2 Å². The van der Waals surface area contributed by atoms with E-state index in [0.29, 0.717) is 23.5 Å². The van der Waals surface area contributed by atoms with Crippen LogP contribution in [0.3, 0.4) is 0 Å². The first-order valence-electron chi connectivity index (χ1n) is 9.84. The molecule has 0 saturated carbocycles. The van der Waals surface area contributed by atoms with Crippen molar-refractivity contribution in [1.29, 1.82) is 0 Å². The molecule has 1 atom stereocenters. The number of hydrogen-bond donors (Lipinski definition) is 1. The van der Waals surface area contributed by atoms with Gasteiger partial charge in [-0.2, -0.15) is 0 Å². The van der Waals surface area contributed by atoms with Gasteiger partial charge >= 0.3 is 0 Å². The van der Waals surface area contributed by atoms with Gasteiger partial charge in [0.15, 0.2) is 0 Å². The van der Waals surface area contributed by atoms with E-state index in [4.69, 9.17) is 0 Å². The Labute approximate surface area is 176 Å². The molecule has 3 aromatic rings. The van der Waals surface area contributed by atoms with Crippen molar-refractivity contribution in [2.45, 2.75) is 39.4 Å². The molecule has 0 fully saturated rings. The number of thiophene rings is 1. The van der Waals surface area contributed by atoms with Gasteiger partial charge in [0, 0.05) is 24.7 Å². The fraction of sp³-hybridized carbons (Fsp3) is 0.250. The van der Waals surface area contributed by atoms with E-state index >= 15 is 0 Å². The van der Waals surface area contributed by atoms with Gasteiger partial charge in [0.25, 0.3) is 11.8 Å². The SMILES string of the molecule is CCC(C)N(Cc1ccccc1)C(=O)c1ccc(CNC(=O)c2cccs2)cc1. The molecule has 2 amide bonds. The molecule has 0 bridgehead atoms. The summed E-state index contributed by atoms with van der Waals surface area (Å²) in [6.07, 6.45) is 0.894. The Morgan fingerprint density at radius 3 is 2.31 bits per heavy atom. The number of nitrogens with one attached hydrogen (secondary N) is 1. The van der Waals surface area contributed by atoms with Crippen LogP contribution in [0.15, 0.2) is 72.1 Å². The summed E-state index contributed by atoms with van der Waals surface area (Å²) in [5, 5.41) is 4.79. The Bertz CT molecular complexity index is 921. The van der Waals surface area contributed by atoms with E-state index in [0.717, 1.165) is 17.5 Å². The molecule has 150 valence electrons. The van der Waals surface area contributed by atoms with Crippen LogP contribution in [0.1, 0.15) is 51.4 Å². The normalized spacial score (nSPS) is 11.7. The fourth-order valence-corrected chi connectivity index (χ4v) is 3.68. The van der Waals surface area contributed by atoms with Crippen molar-refractivity contribution < 1.29 is 9.59 Å². The third kappa shape index (κ3) is 5.55. The lowest BCUT2D eigenvalue weighted by Gasteiger charge is -2.29. The predicted molar refractivity (Wildman–Crippen MR) is 118 cm³/mol. The first kappa shape index (κ1) is 20.8. The lowest BCUT2D eigenvalue weighted by Crippen LogP contribution is -2.37. The van der Waals surface area contributed by atoms with Crippen LogP contribution in [-0.2, 0) is 13.1 Å². The Hall–Kier alpha value is -2.92. The maximum Gasteiger partial charge on any atom is 0.261 e. The van der Waals surface area contributed by atoms with Crippen LogP contribution in [-0.4, -0.2) is 22.8 Å². The van der Waals surface area contributed by atoms with Gasteiger partial charge in [-0.1, -0.05) is 55.5 Å². The van der Waals surface area contributed by atoms with Crippen molar-refractivity contribution in [3.8, 4) is 0 Å². The average molecular weight is 407 g/mol. The Kier molecular flexibility index (Phi) is 7.19. The average Bonchev–Trinajstić information content (AvgIpc) is 3.31. The summed E-state index contributed by atoms with van der Waals surface area (Å²) in [5.74, 6) is -0.0525. The molecule has 1 aromatic heterocycles. The monoisotopic (exact) mass is 406 g/mol. The zero-order chi connectivity index (χ0) is 20.6. The van der Waals surface area contributed by atoms with Crippen LogP contribution >= 0.6 is 11.3 Å². The first-order valence-corrected chi connectivity index (χ1v) is 10.7. The zero-order valence-electron chi connectivity index (χ0n) is 16.8. The smallest absolute Gasteiger partial charge is 0.261 e. The van der Waals surface area contributed by atoms with Crippen molar-refractivity contribution in [3.63, 3.8) is 0 Å². The predicted octanol–water partition coefficient (Wildman–Crippen LogP) is 5.12. The Morgan fingerprint density at radius 1 is 0.966 bits per heavy atom. The molecular formula is C24H26N2O2S. The molecule has 0 aliphatic carbocycles. The number of carbonyl (C=O) groups excluding carboxylic acids is 2. The van der Waals surface area contributed by atoms with Crippen LogP contribution < -0.4 is 5.32 Å². The van der Waals surface area contributed by atoms with Crippen LogP contribution in [0.2, 0.25) is 0 Å². The quantitative estimate of drug-likeness (QED) is 0.564. The molecule has 1 N–H and O–H groups in total.